The summed E-state index contributed by atoms with van der Waals surface area (Å²) in [6.07, 6.45) is 0. The molecule has 0 aromatic heterocycles. The van der Waals surface area contributed by atoms with Gasteiger partial charge < -0.3 is 14.9 Å². The predicted octanol–water partition coefficient (Wildman–Crippen LogP) is 1.94. The standard InChI is InChI=1S/C14H21NO4/c1-10(2)7-15(9-14(17)18)8-11-4-5-12(19-3)6-13(11)16/h4-6,10,16H,7-9H2,1-3H3,(H,17,18). The minimum absolute atomic E-state index is 0.0380. The Morgan fingerprint density at radius 2 is 2.11 bits per heavy atom. The number of ether oxygens (including phenoxy) is 1. The van der Waals surface area contributed by atoms with Gasteiger partial charge in [-0.05, 0) is 12.0 Å². The Balaban J connectivity index is 2.80. The zero-order valence-electron chi connectivity index (χ0n) is 11.6. The van der Waals surface area contributed by atoms with E-state index in [2.05, 4.69) is 0 Å². The average Bonchev–Trinajstić information content (AvgIpc) is 2.30. The molecule has 0 saturated carbocycles. The van der Waals surface area contributed by atoms with Crippen LogP contribution in [0.25, 0.3) is 0 Å². The first-order valence-corrected chi connectivity index (χ1v) is 6.22. The summed E-state index contributed by atoms with van der Waals surface area (Å²) in [5, 5.41) is 18.8. The van der Waals surface area contributed by atoms with Crippen molar-refractivity contribution in [2.45, 2.75) is 20.4 Å². The minimum atomic E-state index is -0.867. The van der Waals surface area contributed by atoms with Crippen LogP contribution in [-0.4, -0.2) is 41.3 Å². The number of hydrogen-bond donors (Lipinski definition) is 2. The third kappa shape index (κ3) is 5.18. The van der Waals surface area contributed by atoms with E-state index in [-0.39, 0.29) is 12.3 Å². The molecule has 0 amide bonds. The van der Waals surface area contributed by atoms with Crippen molar-refractivity contribution in [1.82, 2.24) is 4.90 Å². The molecule has 0 atom stereocenters. The van der Waals surface area contributed by atoms with Crippen molar-refractivity contribution >= 4 is 5.97 Å². The molecule has 5 heteroatoms. The van der Waals surface area contributed by atoms with Gasteiger partial charge in [-0.15, -0.1) is 0 Å². The van der Waals surface area contributed by atoms with Crippen molar-refractivity contribution in [1.29, 1.82) is 0 Å². The lowest BCUT2D eigenvalue weighted by atomic mass is 10.1. The number of carbonyl (C=O) groups is 1. The molecular weight excluding hydrogens is 246 g/mol. The molecule has 0 aliphatic rings. The van der Waals surface area contributed by atoms with Crippen LogP contribution in [-0.2, 0) is 11.3 Å². The summed E-state index contributed by atoms with van der Waals surface area (Å²) in [6, 6.07) is 5.04. The fourth-order valence-electron chi connectivity index (χ4n) is 1.94. The van der Waals surface area contributed by atoms with Crippen LogP contribution >= 0.6 is 0 Å². The Morgan fingerprint density at radius 3 is 2.58 bits per heavy atom. The number of rotatable bonds is 7. The van der Waals surface area contributed by atoms with Crippen LogP contribution in [0.2, 0.25) is 0 Å². The van der Waals surface area contributed by atoms with Crippen LogP contribution in [0.15, 0.2) is 18.2 Å². The van der Waals surface area contributed by atoms with Gasteiger partial charge in [0.05, 0.1) is 13.7 Å². The maximum atomic E-state index is 10.8. The van der Waals surface area contributed by atoms with E-state index in [0.717, 1.165) is 0 Å². The van der Waals surface area contributed by atoms with Crippen molar-refractivity contribution in [2.75, 3.05) is 20.2 Å². The van der Waals surface area contributed by atoms with Gasteiger partial charge in [-0.3, -0.25) is 9.69 Å². The smallest absolute Gasteiger partial charge is 0.317 e. The predicted molar refractivity (Wildman–Crippen MR) is 72.4 cm³/mol. The fourth-order valence-corrected chi connectivity index (χ4v) is 1.94. The summed E-state index contributed by atoms with van der Waals surface area (Å²) < 4.78 is 5.02. The summed E-state index contributed by atoms with van der Waals surface area (Å²) in [5.74, 6) is 0.196. The highest BCUT2D eigenvalue weighted by atomic mass is 16.5. The van der Waals surface area contributed by atoms with Gasteiger partial charge in [0.1, 0.15) is 11.5 Å². The first-order valence-electron chi connectivity index (χ1n) is 6.22. The van der Waals surface area contributed by atoms with Gasteiger partial charge in [0, 0.05) is 24.7 Å². The van der Waals surface area contributed by atoms with Crippen molar-refractivity contribution in [3.05, 3.63) is 23.8 Å². The zero-order valence-corrected chi connectivity index (χ0v) is 11.6. The average molecular weight is 267 g/mol. The normalized spacial score (nSPS) is 11.0. The van der Waals surface area contributed by atoms with Gasteiger partial charge in [-0.2, -0.15) is 0 Å². The summed E-state index contributed by atoms with van der Waals surface area (Å²) >= 11 is 0. The summed E-state index contributed by atoms with van der Waals surface area (Å²) in [6.45, 7) is 5.09. The van der Waals surface area contributed by atoms with Crippen LogP contribution in [0.5, 0.6) is 11.5 Å². The van der Waals surface area contributed by atoms with Crippen LogP contribution < -0.4 is 4.74 Å². The summed E-state index contributed by atoms with van der Waals surface area (Å²) in [7, 11) is 1.53. The van der Waals surface area contributed by atoms with Crippen molar-refractivity contribution < 1.29 is 19.7 Å². The van der Waals surface area contributed by atoms with E-state index in [9.17, 15) is 9.90 Å². The van der Waals surface area contributed by atoms with Gasteiger partial charge in [-0.1, -0.05) is 19.9 Å². The number of phenols is 1. The number of benzene rings is 1. The molecule has 19 heavy (non-hydrogen) atoms. The Bertz CT molecular complexity index is 431. The summed E-state index contributed by atoms with van der Waals surface area (Å²) in [4.78, 5) is 12.6. The Labute approximate surface area is 113 Å². The molecular formula is C14H21NO4. The molecule has 0 radical (unpaired) electrons. The van der Waals surface area contributed by atoms with E-state index < -0.39 is 5.97 Å². The monoisotopic (exact) mass is 267 g/mol. The topological polar surface area (TPSA) is 70.0 Å². The number of hydrogen-bond acceptors (Lipinski definition) is 4. The molecule has 5 nitrogen and oxygen atoms in total. The lowest BCUT2D eigenvalue weighted by molar-refractivity contribution is -0.138. The Morgan fingerprint density at radius 1 is 1.42 bits per heavy atom. The number of carboxylic acids is 1. The Hall–Kier alpha value is -1.75. The van der Waals surface area contributed by atoms with Crippen LogP contribution in [0.4, 0.5) is 0 Å². The van der Waals surface area contributed by atoms with Gasteiger partial charge in [0.25, 0.3) is 0 Å². The highest BCUT2D eigenvalue weighted by Gasteiger charge is 2.14. The van der Waals surface area contributed by atoms with Gasteiger partial charge in [0.15, 0.2) is 0 Å². The van der Waals surface area contributed by atoms with Crippen molar-refractivity contribution in [3.8, 4) is 11.5 Å². The minimum Gasteiger partial charge on any atom is -0.507 e. The number of phenolic OH excluding ortho intramolecular Hbond substituents is 1. The molecule has 106 valence electrons. The third-order valence-electron chi connectivity index (χ3n) is 2.67. The first-order chi connectivity index (χ1) is 8.92. The maximum absolute atomic E-state index is 10.8. The fraction of sp³-hybridized carbons (Fsp3) is 0.500. The number of aliphatic carboxylic acids is 1. The van der Waals surface area contributed by atoms with Gasteiger partial charge in [0.2, 0.25) is 0 Å². The molecule has 0 fully saturated rings. The van der Waals surface area contributed by atoms with E-state index in [1.165, 1.54) is 13.2 Å². The van der Waals surface area contributed by atoms with Gasteiger partial charge in [-0.25, -0.2) is 0 Å². The number of nitrogens with zero attached hydrogens (tertiary/aromatic N) is 1. The van der Waals surface area contributed by atoms with Crippen LogP contribution in [0.1, 0.15) is 19.4 Å². The second-order valence-corrected chi connectivity index (χ2v) is 4.95. The van der Waals surface area contributed by atoms with E-state index >= 15 is 0 Å². The van der Waals surface area contributed by atoms with E-state index in [1.807, 2.05) is 13.8 Å². The van der Waals surface area contributed by atoms with Gasteiger partial charge >= 0.3 is 5.97 Å². The number of carboxylic acid groups (broad SMARTS) is 1. The molecule has 1 aromatic carbocycles. The second-order valence-electron chi connectivity index (χ2n) is 4.95. The lowest BCUT2D eigenvalue weighted by Gasteiger charge is -2.22. The summed E-state index contributed by atoms with van der Waals surface area (Å²) in [5.41, 5.74) is 0.697. The largest absolute Gasteiger partial charge is 0.507 e. The number of aromatic hydroxyl groups is 1. The molecule has 0 bridgehead atoms. The number of methoxy groups -OCH3 is 1. The Kier molecular flexibility index (Phi) is 5.63. The molecule has 0 unspecified atom stereocenters. The van der Waals surface area contributed by atoms with Crippen LogP contribution in [0, 0.1) is 5.92 Å². The molecule has 1 rings (SSSR count). The maximum Gasteiger partial charge on any atom is 0.317 e. The quantitative estimate of drug-likeness (QED) is 0.790. The molecule has 0 heterocycles. The highest BCUT2D eigenvalue weighted by Crippen LogP contribution is 2.24. The van der Waals surface area contributed by atoms with E-state index in [0.29, 0.717) is 30.3 Å². The van der Waals surface area contributed by atoms with E-state index in [1.54, 1.807) is 17.0 Å². The molecule has 0 aliphatic carbocycles. The molecule has 0 spiro atoms. The molecule has 2 N–H and O–H groups in total. The zero-order chi connectivity index (χ0) is 14.4. The van der Waals surface area contributed by atoms with Crippen molar-refractivity contribution in [3.63, 3.8) is 0 Å². The highest BCUT2D eigenvalue weighted by molar-refractivity contribution is 5.69. The van der Waals surface area contributed by atoms with Crippen LogP contribution in [0.3, 0.4) is 0 Å². The first kappa shape index (κ1) is 15.3. The molecule has 0 aliphatic heterocycles. The third-order valence-corrected chi connectivity index (χ3v) is 2.67. The molecule has 0 saturated heterocycles. The lowest BCUT2D eigenvalue weighted by Crippen LogP contribution is -2.32. The van der Waals surface area contributed by atoms with E-state index in [4.69, 9.17) is 9.84 Å². The van der Waals surface area contributed by atoms with Crippen molar-refractivity contribution in [2.24, 2.45) is 5.92 Å². The SMILES string of the molecule is COc1ccc(CN(CC(=O)O)CC(C)C)c(O)c1. The molecule has 1 aromatic rings. The second kappa shape index (κ2) is 6.99.